The van der Waals surface area contributed by atoms with Crippen molar-refractivity contribution in [3.63, 3.8) is 0 Å². The Morgan fingerprint density at radius 3 is 2.58 bits per heavy atom. The molecule has 168 valence electrons. The number of rotatable bonds is 7. The number of oxime groups is 1. The van der Waals surface area contributed by atoms with Crippen molar-refractivity contribution in [3.05, 3.63) is 47.4 Å². The third kappa shape index (κ3) is 5.33. The van der Waals surface area contributed by atoms with Crippen LogP contribution < -0.4 is 4.90 Å². The molecule has 2 heterocycles. The van der Waals surface area contributed by atoms with Crippen LogP contribution in [0.3, 0.4) is 0 Å². The number of halogens is 3. The summed E-state index contributed by atoms with van der Waals surface area (Å²) >= 11 is -0.367. The minimum absolute atomic E-state index is 0.0509. The second-order valence-corrected chi connectivity index (χ2v) is 10.6. The van der Waals surface area contributed by atoms with Gasteiger partial charge in [0.25, 0.3) is 6.43 Å². The summed E-state index contributed by atoms with van der Waals surface area (Å²) in [7, 11) is 1.44. The van der Waals surface area contributed by atoms with Gasteiger partial charge in [0.1, 0.15) is 42.8 Å². The fourth-order valence-electron chi connectivity index (χ4n) is 3.02. The molecule has 9 heteroatoms. The van der Waals surface area contributed by atoms with Gasteiger partial charge in [-0.25, -0.2) is 18.2 Å². The Labute approximate surface area is 183 Å². The second-order valence-electron chi connectivity index (χ2n) is 8.24. The quantitative estimate of drug-likeness (QED) is 0.430. The molecule has 1 fully saturated rings. The number of pyridine rings is 1. The summed E-state index contributed by atoms with van der Waals surface area (Å²) < 4.78 is 48.5. The number of hydrogen-bond donors (Lipinski definition) is 0. The van der Waals surface area contributed by atoms with Crippen LogP contribution in [0.1, 0.15) is 38.3 Å². The molecule has 0 radical (unpaired) electrons. The second kappa shape index (κ2) is 9.48. The van der Waals surface area contributed by atoms with E-state index in [0.717, 1.165) is 5.71 Å². The van der Waals surface area contributed by atoms with Gasteiger partial charge >= 0.3 is 0 Å². The molecular formula is C22H27F3N3O2S+. The SMILES string of the molecule is CON=C1CN(c2ncc(-c3cccc(CO[S+](C)C(C)(C)C)c3F)cc2C(F)F)C1. The molecular weight excluding hydrogens is 427 g/mol. The predicted octanol–water partition coefficient (Wildman–Crippen LogP) is 5.13. The van der Waals surface area contributed by atoms with Gasteiger partial charge in [0, 0.05) is 22.9 Å². The molecule has 1 aromatic carbocycles. The normalized spacial score (nSPS) is 15.1. The number of benzene rings is 1. The first-order valence-corrected chi connectivity index (χ1v) is 11.4. The van der Waals surface area contributed by atoms with Crippen LogP contribution in [0, 0.1) is 5.82 Å². The molecule has 3 rings (SSSR count). The Kier molecular flexibility index (Phi) is 7.16. The van der Waals surface area contributed by atoms with Gasteiger partial charge < -0.3 is 9.74 Å². The van der Waals surface area contributed by atoms with Crippen LogP contribution in [0.5, 0.6) is 0 Å². The molecule has 0 saturated carbocycles. The molecule has 0 amide bonds. The summed E-state index contributed by atoms with van der Waals surface area (Å²) in [6, 6.07) is 6.21. The lowest BCUT2D eigenvalue weighted by Crippen LogP contribution is -2.48. The molecule has 1 saturated heterocycles. The molecule has 0 N–H and O–H groups in total. The van der Waals surface area contributed by atoms with Gasteiger partial charge in [-0.3, -0.25) is 0 Å². The number of alkyl halides is 2. The minimum Gasteiger partial charge on any atom is -0.399 e. The third-order valence-corrected chi connectivity index (χ3v) is 7.24. The van der Waals surface area contributed by atoms with Crippen LogP contribution in [0.25, 0.3) is 11.1 Å². The van der Waals surface area contributed by atoms with E-state index in [4.69, 9.17) is 9.02 Å². The topological polar surface area (TPSA) is 47.0 Å². The molecule has 0 bridgehead atoms. The summed E-state index contributed by atoms with van der Waals surface area (Å²) in [5.74, 6) is -0.310. The molecule has 1 aromatic heterocycles. The van der Waals surface area contributed by atoms with Crippen LogP contribution >= 0.6 is 0 Å². The number of hydrogen-bond acceptors (Lipinski definition) is 5. The first kappa shape index (κ1) is 23.4. The molecule has 1 unspecified atom stereocenters. The smallest absolute Gasteiger partial charge is 0.267 e. The summed E-state index contributed by atoms with van der Waals surface area (Å²) in [5, 5.41) is 3.81. The van der Waals surface area contributed by atoms with Crippen molar-refractivity contribution in [2.45, 2.75) is 38.6 Å². The van der Waals surface area contributed by atoms with Gasteiger partial charge in [0.15, 0.2) is 4.75 Å². The summed E-state index contributed by atoms with van der Waals surface area (Å²) in [4.78, 5) is 10.6. The van der Waals surface area contributed by atoms with Gasteiger partial charge in [0.05, 0.1) is 24.4 Å². The maximum Gasteiger partial charge on any atom is 0.267 e. The minimum atomic E-state index is -2.74. The lowest BCUT2D eigenvalue weighted by molar-refractivity contribution is 0.151. The maximum atomic E-state index is 15.2. The fraction of sp³-hybridized carbons (Fsp3) is 0.455. The van der Waals surface area contributed by atoms with Crippen molar-refractivity contribution in [3.8, 4) is 11.1 Å². The Morgan fingerprint density at radius 2 is 1.97 bits per heavy atom. The van der Waals surface area contributed by atoms with E-state index in [-0.39, 0.29) is 39.5 Å². The highest BCUT2D eigenvalue weighted by molar-refractivity contribution is 7.92. The third-order valence-electron chi connectivity index (χ3n) is 5.04. The average Bonchev–Trinajstić information content (AvgIpc) is 2.68. The molecule has 1 aliphatic rings. The number of anilines is 1. The highest BCUT2D eigenvalue weighted by atomic mass is 32.2. The first-order chi connectivity index (χ1) is 14.6. The summed E-state index contributed by atoms with van der Waals surface area (Å²) in [5.41, 5.74) is 1.41. The van der Waals surface area contributed by atoms with Crippen LogP contribution in [-0.2, 0) is 26.8 Å². The van der Waals surface area contributed by atoms with E-state index < -0.39 is 12.2 Å². The van der Waals surface area contributed by atoms with Crippen molar-refractivity contribution in [1.82, 2.24) is 4.98 Å². The Morgan fingerprint density at radius 1 is 1.26 bits per heavy atom. The van der Waals surface area contributed by atoms with E-state index in [0.29, 0.717) is 24.2 Å². The Bertz CT molecular complexity index is 956. The maximum absolute atomic E-state index is 15.2. The highest BCUT2D eigenvalue weighted by Gasteiger charge is 2.32. The van der Waals surface area contributed by atoms with Crippen LogP contribution in [0.15, 0.2) is 35.6 Å². The van der Waals surface area contributed by atoms with E-state index in [9.17, 15) is 8.78 Å². The van der Waals surface area contributed by atoms with Gasteiger partial charge in [0.2, 0.25) is 0 Å². The largest absolute Gasteiger partial charge is 0.399 e. The highest BCUT2D eigenvalue weighted by Crippen LogP contribution is 2.35. The molecule has 0 spiro atoms. The molecule has 5 nitrogen and oxygen atoms in total. The number of aromatic nitrogens is 1. The summed E-state index contributed by atoms with van der Waals surface area (Å²) in [6.07, 6.45) is 0.655. The van der Waals surface area contributed by atoms with Crippen molar-refractivity contribution in [1.29, 1.82) is 0 Å². The molecule has 1 aliphatic heterocycles. The van der Waals surface area contributed by atoms with Gasteiger partial charge in [-0.05, 0) is 26.8 Å². The van der Waals surface area contributed by atoms with Crippen LogP contribution in [0.2, 0.25) is 0 Å². The van der Waals surface area contributed by atoms with Crippen LogP contribution in [0.4, 0.5) is 19.0 Å². The molecule has 31 heavy (non-hydrogen) atoms. The average molecular weight is 455 g/mol. The van der Waals surface area contributed by atoms with E-state index >= 15 is 4.39 Å². The molecule has 2 aromatic rings. The van der Waals surface area contributed by atoms with Crippen LogP contribution in [-0.4, -0.2) is 41.9 Å². The Balaban J connectivity index is 1.86. The van der Waals surface area contributed by atoms with E-state index in [2.05, 4.69) is 30.9 Å². The lowest BCUT2D eigenvalue weighted by atomic mass is 10.0. The molecule has 0 aliphatic carbocycles. The fourth-order valence-corrected chi connectivity index (χ4v) is 3.68. The first-order valence-electron chi connectivity index (χ1n) is 9.80. The zero-order valence-corrected chi connectivity index (χ0v) is 19.1. The Hall–Kier alpha value is -2.26. The predicted molar refractivity (Wildman–Crippen MR) is 119 cm³/mol. The zero-order valence-electron chi connectivity index (χ0n) is 18.3. The summed E-state index contributed by atoms with van der Waals surface area (Å²) in [6.45, 7) is 7.03. The van der Waals surface area contributed by atoms with E-state index in [1.165, 1.54) is 19.4 Å². The zero-order chi connectivity index (χ0) is 22.8. The van der Waals surface area contributed by atoms with Crippen molar-refractivity contribution < 1.29 is 22.2 Å². The molecule has 1 atom stereocenters. The van der Waals surface area contributed by atoms with Crippen molar-refractivity contribution >= 4 is 22.7 Å². The number of nitrogens with zero attached hydrogens (tertiary/aromatic N) is 3. The van der Waals surface area contributed by atoms with E-state index in [1.54, 1.807) is 23.1 Å². The van der Waals surface area contributed by atoms with Crippen molar-refractivity contribution in [2.75, 3.05) is 31.4 Å². The van der Waals surface area contributed by atoms with E-state index in [1.807, 2.05) is 6.26 Å². The van der Waals surface area contributed by atoms with Crippen molar-refractivity contribution in [2.24, 2.45) is 5.16 Å². The van der Waals surface area contributed by atoms with Gasteiger partial charge in [-0.1, -0.05) is 23.4 Å². The lowest BCUT2D eigenvalue weighted by Gasteiger charge is -2.34. The van der Waals surface area contributed by atoms with Gasteiger partial charge in [-0.2, -0.15) is 4.18 Å². The standard InChI is InChI=1S/C22H27F3N3O2S/c1-22(2,3)31(5)30-13-14-7-6-8-17(19(14)23)15-9-18(20(24)25)21(26-10-15)28-11-16(12-28)27-29-4/h6-10,20H,11-13H2,1-5H3/q+1. The monoisotopic (exact) mass is 454 g/mol. The van der Waals surface area contributed by atoms with Gasteiger partial charge in [-0.15, -0.1) is 0 Å².